The van der Waals surface area contributed by atoms with Crippen molar-refractivity contribution in [2.24, 2.45) is 0 Å². The first kappa shape index (κ1) is 15.4. The number of anilines is 1. The molecule has 1 aliphatic rings. The van der Waals surface area contributed by atoms with Crippen LogP contribution in [0.4, 0.5) is 5.69 Å². The van der Waals surface area contributed by atoms with Crippen LogP contribution in [-0.2, 0) is 17.8 Å². The molecule has 0 bridgehead atoms. The Morgan fingerprint density at radius 1 is 1.08 bits per heavy atom. The lowest BCUT2D eigenvalue weighted by Crippen LogP contribution is -2.17. The van der Waals surface area contributed by atoms with E-state index in [9.17, 15) is 4.79 Å². The fourth-order valence-corrected chi connectivity index (χ4v) is 2.72. The van der Waals surface area contributed by atoms with Crippen LogP contribution in [-0.4, -0.2) is 22.7 Å². The molecule has 0 aliphatic carbocycles. The number of amides is 1. The van der Waals surface area contributed by atoms with E-state index in [0.717, 1.165) is 23.4 Å². The van der Waals surface area contributed by atoms with Gasteiger partial charge in [-0.1, -0.05) is 18.2 Å². The Morgan fingerprint density at radius 3 is 2.64 bits per heavy atom. The Balaban J connectivity index is 1.44. The monoisotopic (exact) mass is 335 g/mol. The van der Waals surface area contributed by atoms with E-state index in [0.29, 0.717) is 30.3 Å². The van der Waals surface area contributed by atoms with Crippen molar-refractivity contribution in [1.29, 1.82) is 0 Å². The summed E-state index contributed by atoms with van der Waals surface area (Å²) in [7, 11) is 0. The van der Waals surface area contributed by atoms with Gasteiger partial charge in [-0.15, -0.1) is 0 Å². The maximum atomic E-state index is 12.4. The molecule has 2 aromatic carbocycles. The smallest absolute Gasteiger partial charge is 0.276 e. The summed E-state index contributed by atoms with van der Waals surface area (Å²) in [5.74, 6) is 1.22. The third-order valence-corrected chi connectivity index (χ3v) is 4.00. The van der Waals surface area contributed by atoms with Crippen LogP contribution in [0.3, 0.4) is 0 Å². The molecule has 0 unspecified atom stereocenters. The van der Waals surface area contributed by atoms with Crippen molar-refractivity contribution >= 4 is 11.6 Å². The second-order valence-electron chi connectivity index (χ2n) is 5.73. The number of benzene rings is 2. The number of hydrogen-bond donors (Lipinski definition) is 2. The zero-order chi connectivity index (χ0) is 17.1. The van der Waals surface area contributed by atoms with E-state index in [4.69, 9.17) is 9.47 Å². The molecule has 0 radical (unpaired) electrons. The number of hydrogen-bond acceptors (Lipinski definition) is 4. The molecule has 25 heavy (non-hydrogen) atoms. The molecular weight excluding hydrogens is 318 g/mol. The largest absolute Gasteiger partial charge is 0.457 e. The number of nitrogens with one attached hydrogen (secondary N) is 2. The van der Waals surface area contributed by atoms with Crippen molar-refractivity contribution in [3.8, 4) is 11.5 Å². The molecule has 2 N–H and O–H groups in total. The fourth-order valence-electron chi connectivity index (χ4n) is 2.72. The number of H-pyrrole nitrogens is 1. The minimum Gasteiger partial charge on any atom is -0.457 e. The van der Waals surface area contributed by atoms with E-state index in [1.54, 1.807) is 12.1 Å². The normalized spacial score (nSPS) is 13.1. The van der Waals surface area contributed by atoms with Crippen LogP contribution >= 0.6 is 0 Å². The predicted octanol–water partition coefficient (Wildman–Crippen LogP) is 3.53. The van der Waals surface area contributed by atoms with Gasteiger partial charge >= 0.3 is 0 Å². The van der Waals surface area contributed by atoms with Gasteiger partial charge in [-0.05, 0) is 36.4 Å². The summed E-state index contributed by atoms with van der Waals surface area (Å²) in [6, 6.07) is 16.8. The lowest BCUT2D eigenvalue weighted by molar-refractivity contribution is 0.0985. The number of para-hydroxylation sites is 1. The maximum Gasteiger partial charge on any atom is 0.276 e. The van der Waals surface area contributed by atoms with E-state index in [1.807, 2.05) is 42.5 Å². The van der Waals surface area contributed by atoms with Crippen molar-refractivity contribution < 1.29 is 14.3 Å². The quantitative estimate of drug-likeness (QED) is 0.765. The molecule has 126 valence electrons. The zero-order valence-electron chi connectivity index (χ0n) is 13.5. The molecule has 3 aromatic rings. The van der Waals surface area contributed by atoms with Crippen molar-refractivity contribution in [1.82, 2.24) is 10.2 Å². The summed E-state index contributed by atoms with van der Waals surface area (Å²) < 4.78 is 11.1. The van der Waals surface area contributed by atoms with Gasteiger partial charge in [0.15, 0.2) is 5.69 Å². The summed E-state index contributed by atoms with van der Waals surface area (Å²) in [4.78, 5) is 12.4. The highest BCUT2D eigenvalue weighted by Gasteiger charge is 2.22. The summed E-state index contributed by atoms with van der Waals surface area (Å²) in [5.41, 5.74) is 2.88. The van der Waals surface area contributed by atoms with Gasteiger partial charge in [0.05, 0.1) is 13.2 Å². The number of aromatic amines is 1. The Bertz CT molecular complexity index is 873. The van der Waals surface area contributed by atoms with Crippen LogP contribution in [0.5, 0.6) is 11.5 Å². The van der Waals surface area contributed by atoms with E-state index in [2.05, 4.69) is 15.5 Å². The lowest BCUT2D eigenvalue weighted by Gasteiger charge is -2.12. The van der Waals surface area contributed by atoms with Crippen LogP contribution in [0.25, 0.3) is 0 Å². The summed E-state index contributed by atoms with van der Waals surface area (Å²) in [6.07, 6.45) is 0.751. The number of nitrogens with zero attached hydrogens (tertiary/aromatic N) is 1. The Kier molecular flexibility index (Phi) is 4.18. The maximum absolute atomic E-state index is 12.4. The second-order valence-corrected chi connectivity index (χ2v) is 5.73. The third kappa shape index (κ3) is 3.39. The minimum atomic E-state index is -0.250. The first-order valence-electron chi connectivity index (χ1n) is 8.08. The Labute approximate surface area is 144 Å². The molecule has 1 amide bonds. The Morgan fingerprint density at radius 2 is 1.84 bits per heavy atom. The minimum absolute atomic E-state index is 0.250. The van der Waals surface area contributed by atoms with Gasteiger partial charge in [0.2, 0.25) is 0 Å². The van der Waals surface area contributed by atoms with Gasteiger partial charge in [0.1, 0.15) is 11.5 Å². The molecule has 0 saturated heterocycles. The van der Waals surface area contributed by atoms with Gasteiger partial charge in [-0.25, -0.2) is 0 Å². The molecule has 6 nitrogen and oxygen atoms in total. The molecule has 1 aliphatic heterocycles. The molecule has 6 heteroatoms. The summed E-state index contributed by atoms with van der Waals surface area (Å²) >= 11 is 0. The predicted molar refractivity (Wildman–Crippen MR) is 92.9 cm³/mol. The van der Waals surface area contributed by atoms with E-state index in [1.165, 1.54) is 0 Å². The first-order valence-corrected chi connectivity index (χ1v) is 8.08. The molecule has 2 heterocycles. The highest BCUT2D eigenvalue weighted by molar-refractivity contribution is 6.04. The van der Waals surface area contributed by atoms with Gasteiger partial charge in [-0.3, -0.25) is 9.89 Å². The topological polar surface area (TPSA) is 76.2 Å². The summed E-state index contributed by atoms with van der Waals surface area (Å²) in [5, 5.41) is 9.90. The highest BCUT2D eigenvalue weighted by atomic mass is 16.5. The van der Waals surface area contributed by atoms with Crippen LogP contribution in [0.2, 0.25) is 0 Å². The second kappa shape index (κ2) is 6.78. The number of ether oxygens (including phenoxy) is 2. The van der Waals surface area contributed by atoms with Crippen molar-refractivity contribution in [2.75, 3.05) is 11.9 Å². The number of aromatic nitrogens is 2. The van der Waals surface area contributed by atoms with Crippen molar-refractivity contribution in [3.63, 3.8) is 0 Å². The molecule has 0 atom stereocenters. The van der Waals surface area contributed by atoms with Crippen molar-refractivity contribution in [3.05, 3.63) is 71.5 Å². The molecule has 0 fully saturated rings. The van der Waals surface area contributed by atoms with E-state index < -0.39 is 0 Å². The molecule has 0 spiro atoms. The van der Waals surface area contributed by atoms with Crippen molar-refractivity contribution in [2.45, 2.75) is 13.0 Å². The molecule has 0 saturated carbocycles. The van der Waals surface area contributed by atoms with Gasteiger partial charge in [0.25, 0.3) is 5.91 Å². The first-order chi connectivity index (χ1) is 12.3. The van der Waals surface area contributed by atoms with Gasteiger partial charge < -0.3 is 14.8 Å². The summed E-state index contributed by atoms with van der Waals surface area (Å²) in [6.45, 7) is 1.07. The standard InChI is InChI=1S/C19H17N3O3/c23-19(18-16-12-24-11-10-17(16)21-22-18)20-13-6-8-15(9-7-13)25-14-4-2-1-3-5-14/h1-9H,10-12H2,(H,20,23)(H,21,22). The van der Waals surface area contributed by atoms with Gasteiger partial charge in [0, 0.05) is 23.4 Å². The zero-order valence-corrected chi connectivity index (χ0v) is 13.5. The van der Waals surface area contributed by atoms with Crippen LogP contribution < -0.4 is 10.1 Å². The SMILES string of the molecule is O=C(Nc1ccc(Oc2ccccc2)cc1)c1n[nH]c2c1COCC2. The number of carbonyl (C=O) groups is 1. The van der Waals surface area contributed by atoms with E-state index >= 15 is 0 Å². The van der Waals surface area contributed by atoms with Crippen LogP contribution in [0.1, 0.15) is 21.7 Å². The van der Waals surface area contributed by atoms with Gasteiger partial charge in [-0.2, -0.15) is 5.10 Å². The third-order valence-electron chi connectivity index (χ3n) is 4.00. The average Bonchev–Trinajstić information content (AvgIpc) is 3.08. The highest BCUT2D eigenvalue weighted by Crippen LogP contribution is 2.23. The van der Waals surface area contributed by atoms with E-state index in [-0.39, 0.29) is 5.91 Å². The Hall–Kier alpha value is -3.12. The fraction of sp³-hybridized carbons (Fsp3) is 0.158. The van der Waals surface area contributed by atoms with Crippen LogP contribution in [0.15, 0.2) is 54.6 Å². The molecule has 4 rings (SSSR count). The number of carbonyl (C=O) groups excluding carboxylic acids is 1. The molecular formula is C19H17N3O3. The molecule has 1 aromatic heterocycles. The lowest BCUT2D eigenvalue weighted by atomic mass is 10.1. The van der Waals surface area contributed by atoms with Crippen LogP contribution in [0, 0.1) is 0 Å². The number of rotatable bonds is 4. The average molecular weight is 335 g/mol. The number of fused-ring (bicyclic) bond motifs is 1.